The number of carbonyl (C=O) groups excluding carboxylic acids is 1. The lowest BCUT2D eigenvalue weighted by molar-refractivity contribution is -0.141. The minimum absolute atomic E-state index is 0.0724. The van der Waals surface area contributed by atoms with E-state index in [1.165, 1.54) is 0 Å². The van der Waals surface area contributed by atoms with Gasteiger partial charge in [-0.15, -0.1) is 11.3 Å². The Hall–Kier alpha value is -1.88. The van der Waals surface area contributed by atoms with Gasteiger partial charge < -0.3 is 10.0 Å². The quantitative estimate of drug-likeness (QED) is 0.916. The van der Waals surface area contributed by atoms with Crippen LogP contribution < -0.4 is 0 Å². The molecule has 19 heavy (non-hydrogen) atoms. The van der Waals surface area contributed by atoms with E-state index in [0.29, 0.717) is 25.1 Å². The number of nitrogens with zero attached hydrogens (tertiary/aromatic N) is 1. The normalized spacial score (nSPS) is 18.9. The number of carboxylic acids is 1. The second-order valence-electron chi connectivity index (χ2n) is 4.75. The van der Waals surface area contributed by atoms with Crippen molar-refractivity contribution in [2.24, 2.45) is 5.92 Å². The third-order valence-electron chi connectivity index (χ3n) is 3.52. The van der Waals surface area contributed by atoms with E-state index in [4.69, 9.17) is 5.11 Å². The van der Waals surface area contributed by atoms with Gasteiger partial charge in [0.25, 0.3) is 5.91 Å². The van der Waals surface area contributed by atoms with Crippen LogP contribution in [0.3, 0.4) is 0 Å². The van der Waals surface area contributed by atoms with Crippen LogP contribution in [-0.2, 0) is 4.79 Å². The van der Waals surface area contributed by atoms with Gasteiger partial charge in [0.2, 0.25) is 0 Å². The lowest BCUT2D eigenvalue weighted by Crippen LogP contribution is -2.29. The molecule has 1 atom stereocenters. The molecule has 0 spiro atoms. The van der Waals surface area contributed by atoms with Crippen molar-refractivity contribution in [2.75, 3.05) is 13.1 Å². The van der Waals surface area contributed by atoms with Gasteiger partial charge in [0, 0.05) is 23.4 Å². The van der Waals surface area contributed by atoms with Gasteiger partial charge in [-0.3, -0.25) is 9.59 Å². The van der Waals surface area contributed by atoms with Gasteiger partial charge in [0.05, 0.1) is 5.92 Å². The number of amides is 1. The Labute approximate surface area is 114 Å². The number of benzene rings is 1. The van der Waals surface area contributed by atoms with E-state index in [2.05, 4.69) is 0 Å². The first-order valence-corrected chi connectivity index (χ1v) is 7.02. The monoisotopic (exact) mass is 275 g/mol. The van der Waals surface area contributed by atoms with Crippen LogP contribution in [-0.4, -0.2) is 35.0 Å². The van der Waals surface area contributed by atoms with Crippen molar-refractivity contribution in [3.63, 3.8) is 0 Å². The lowest BCUT2D eigenvalue weighted by Gasteiger charge is -2.15. The molecule has 1 N–H and O–H groups in total. The summed E-state index contributed by atoms with van der Waals surface area (Å²) in [6.45, 7) is 0.841. The van der Waals surface area contributed by atoms with Crippen LogP contribution in [0, 0.1) is 5.92 Å². The van der Waals surface area contributed by atoms with E-state index < -0.39 is 11.9 Å². The van der Waals surface area contributed by atoms with Crippen LogP contribution in [0.5, 0.6) is 0 Å². The first-order valence-electron chi connectivity index (χ1n) is 6.14. The van der Waals surface area contributed by atoms with Gasteiger partial charge in [-0.2, -0.15) is 0 Å². The van der Waals surface area contributed by atoms with Crippen LogP contribution in [0.25, 0.3) is 10.1 Å². The molecule has 1 amide bonds. The van der Waals surface area contributed by atoms with Crippen LogP contribution in [0.4, 0.5) is 0 Å². The Morgan fingerprint density at radius 2 is 2.16 bits per heavy atom. The van der Waals surface area contributed by atoms with Gasteiger partial charge >= 0.3 is 5.97 Å². The molecule has 0 aliphatic carbocycles. The molecule has 1 aliphatic rings. The summed E-state index contributed by atoms with van der Waals surface area (Å²) in [5.41, 5.74) is 0.636. The molecule has 1 saturated heterocycles. The van der Waals surface area contributed by atoms with E-state index in [1.807, 2.05) is 29.6 Å². The van der Waals surface area contributed by atoms with Crippen molar-refractivity contribution < 1.29 is 14.7 Å². The van der Waals surface area contributed by atoms with Crippen molar-refractivity contribution in [1.29, 1.82) is 0 Å². The maximum atomic E-state index is 12.3. The van der Waals surface area contributed by atoms with Crippen molar-refractivity contribution >= 4 is 33.3 Å². The number of rotatable bonds is 2. The first-order chi connectivity index (χ1) is 9.15. The summed E-state index contributed by atoms with van der Waals surface area (Å²) in [5.74, 6) is -1.31. The summed E-state index contributed by atoms with van der Waals surface area (Å²) in [4.78, 5) is 24.9. The van der Waals surface area contributed by atoms with Crippen molar-refractivity contribution in [3.05, 3.63) is 35.2 Å². The molecule has 0 saturated carbocycles. The minimum Gasteiger partial charge on any atom is -0.481 e. The van der Waals surface area contributed by atoms with Crippen molar-refractivity contribution in [1.82, 2.24) is 4.90 Å². The average molecular weight is 275 g/mol. The average Bonchev–Trinajstić information content (AvgIpc) is 3.06. The Morgan fingerprint density at radius 1 is 1.32 bits per heavy atom. The number of thiophene rings is 1. The molecule has 1 aromatic heterocycles. The van der Waals surface area contributed by atoms with E-state index >= 15 is 0 Å². The van der Waals surface area contributed by atoms with Crippen LogP contribution in [0.1, 0.15) is 16.8 Å². The minimum atomic E-state index is -0.816. The summed E-state index contributed by atoms with van der Waals surface area (Å²) in [5, 5.41) is 12.0. The predicted octanol–water partition coefficient (Wildman–Crippen LogP) is 2.45. The molecule has 1 aliphatic heterocycles. The summed E-state index contributed by atoms with van der Waals surface area (Å²) in [7, 11) is 0. The number of carbonyl (C=O) groups is 2. The lowest BCUT2D eigenvalue weighted by atomic mass is 10.1. The maximum Gasteiger partial charge on any atom is 0.308 e. The zero-order valence-corrected chi connectivity index (χ0v) is 11.0. The predicted molar refractivity (Wildman–Crippen MR) is 73.5 cm³/mol. The topological polar surface area (TPSA) is 57.6 Å². The molecule has 2 heterocycles. The Balaban J connectivity index is 1.82. The highest BCUT2D eigenvalue weighted by Gasteiger charge is 2.31. The smallest absolute Gasteiger partial charge is 0.308 e. The molecule has 5 heteroatoms. The van der Waals surface area contributed by atoms with Crippen LogP contribution >= 0.6 is 11.3 Å². The third-order valence-corrected chi connectivity index (χ3v) is 4.42. The molecule has 98 valence electrons. The first kappa shape index (κ1) is 12.2. The van der Waals surface area contributed by atoms with E-state index in [0.717, 1.165) is 10.1 Å². The fourth-order valence-electron chi connectivity index (χ4n) is 2.43. The number of carboxylic acid groups (broad SMARTS) is 1. The summed E-state index contributed by atoms with van der Waals surface area (Å²) >= 11 is 1.64. The SMILES string of the molecule is O=C(O)C1CCN(C(=O)c2ccc3sccc3c2)C1. The molecule has 1 fully saturated rings. The molecule has 0 bridgehead atoms. The van der Waals surface area contributed by atoms with Crippen LogP contribution in [0.15, 0.2) is 29.6 Å². The Bertz CT molecular complexity index is 649. The van der Waals surface area contributed by atoms with Crippen molar-refractivity contribution in [2.45, 2.75) is 6.42 Å². The summed E-state index contributed by atoms with van der Waals surface area (Å²) in [6.07, 6.45) is 0.543. The molecule has 1 unspecified atom stereocenters. The number of likely N-dealkylation sites (tertiary alicyclic amines) is 1. The molecule has 2 aromatic rings. The molecule has 1 aromatic carbocycles. The molecular weight excluding hydrogens is 262 g/mol. The van der Waals surface area contributed by atoms with Gasteiger partial charge in [-0.05, 0) is 41.5 Å². The summed E-state index contributed by atoms with van der Waals surface area (Å²) < 4.78 is 1.15. The van der Waals surface area contributed by atoms with Gasteiger partial charge in [-0.1, -0.05) is 0 Å². The summed E-state index contributed by atoms with van der Waals surface area (Å²) in [6, 6.07) is 7.62. The van der Waals surface area contributed by atoms with Crippen LogP contribution in [0.2, 0.25) is 0 Å². The fraction of sp³-hybridized carbons (Fsp3) is 0.286. The number of hydrogen-bond donors (Lipinski definition) is 1. The van der Waals surface area contributed by atoms with E-state index in [9.17, 15) is 9.59 Å². The van der Waals surface area contributed by atoms with Gasteiger partial charge in [0.1, 0.15) is 0 Å². The largest absolute Gasteiger partial charge is 0.481 e. The zero-order chi connectivity index (χ0) is 13.4. The molecule has 0 radical (unpaired) electrons. The molecular formula is C14H13NO3S. The fourth-order valence-corrected chi connectivity index (χ4v) is 3.20. The molecule has 3 rings (SSSR count). The van der Waals surface area contributed by atoms with Gasteiger partial charge in [0.15, 0.2) is 0 Å². The Morgan fingerprint density at radius 3 is 2.89 bits per heavy atom. The Kier molecular flexibility index (Phi) is 2.98. The van der Waals surface area contributed by atoms with E-state index in [1.54, 1.807) is 16.2 Å². The highest BCUT2D eigenvalue weighted by molar-refractivity contribution is 7.17. The van der Waals surface area contributed by atoms with Crippen molar-refractivity contribution in [3.8, 4) is 0 Å². The van der Waals surface area contributed by atoms with Gasteiger partial charge in [-0.25, -0.2) is 0 Å². The van der Waals surface area contributed by atoms with E-state index in [-0.39, 0.29) is 5.91 Å². The number of fused-ring (bicyclic) bond motifs is 1. The third kappa shape index (κ3) is 2.21. The highest BCUT2D eigenvalue weighted by atomic mass is 32.1. The maximum absolute atomic E-state index is 12.3. The second-order valence-corrected chi connectivity index (χ2v) is 5.70. The number of hydrogen-bond acceptors (Lipinski definition) is 3. The molecule has 4 nitrogen and oxygen atoms in total. The number of aliphatic carboxylic acids is 1. The standard InChI is InChI=1S/C14H13NO3S/c16-13(15-5-3-11(8-15)14(17)18)10-1-2-12-9(7-10)4-6-19-12/h1-2,4,6-7,11H,3,5,8H2,(H,17,18). The zero-order valence-electron chi connectivity index (χ0n) is 10.2. The highest BCUT2D eigenvalue weighted by Crippen LogP contribution is 2.24. The second kappa shape index (κ2) is 4.66.